The summed E-state index contributed by atoms with van der Waals surface area (Å²) in [6, 6.07) is 9.07. The van der Waals surface area contributed by atoms with Gasteiger partial charge in [-0.25, -0.2) is 4.39 Å². The van der Waals surface area contributed by atoms with Crippen molar-refractivity contribution in [1.29, 1.82) is 10.8 Å². The number of aliphatic hydroxyl groups excluding tert-OH is 1. The van der Waals surface area contributed by atoms with Gasteiger partial charge in [-0.05, 0) is 78.3 Å². The summed E-state index contributed by atoms with van der Waals surface area (Å²) in [4.78, 5) is 16.2. The molecule has 0 atom stereocenters. The Hall–Kier alpha value is -4.05. The average Bonchev–Trinajstić information content (AvgIpc) is 3.26. The first-order chi connectivity index (χ1) is 18.5. The normalized spacial score (nSPS) is 20.7. The molecular formula is C29H28F4N4O2. The fourth-order valence-electron chi connectivity index (χ4n) is 4.96. The highest BCUT2D eigenvalue weighted by Gasteiger charge is 2.38. The molecule has 0 spiro atoms. The number of nitrogens with one attached hydrogen (secondary N) is 2. The fourth-order valence-corrected chi connectivity index (χ4v) is 4.96. The number of amidine groups is 1. The molecule has 0 fully saturated rings. The van der Waals surface area contributed by atoms with E-state index in [1.807, 2.05) is 0 Å². The van der Waals surface area contributed by atoms with Crippen LogP contribution in [0.5, 0.6) is 0 Å². The van der Waals surface area contributed by atoms with E-state index in [0.29, 0.717) is 47.2 Å². The molecule has 10 heteroatoms. The van der Waals surface area contributed by atoms with E-state index in [2.05, 4.69) is 0 Å². The molecule has 1 aliphatic carbocycles. The molecule has 0 saturated carbocycles. The second-order valence-corrected chi connectivity index (χ2v) is 9.51. The molecule has 1 aliphatic heterocycles. The van der Waals surface area contributed by atoms with E-state index in [4.69, 9.17) is 10.8 Å². The molecule has 6 nitrogen and oxygen atoms in total. The maximum Gasteiger partial charge on any atom is 0.417 e. The van der Waals surface area contributed by atoms with E-state index < -0.39 is 24.2 Å². The van der Waals surface area contributed by atoms with Crippen molar-refractivity contribution in [1.82, 2.24) is 9.80 Å². The lowest BCUT2D eigenvalue weighted by atomic mass is 9.95. The van der Waals surface area contributed by atoms with Gasteiger partial charge in [0.1, 0.15) is 11.7 Å². The zero-order valence-corrected chi connectivity index (χ0v) is 21.5. The summed E-state index contributed by atoms with van der Waals surface area (Å²) in [7, 11) is 1.50. The van der Waals surface area contributed by atoms with Gasteiger partial charge in [-0.2, -0.15) is 13.2 Å². The van der Waals surface area contributed by atoms with Crippen molar-refractivity contribution < 1.29 is 27.5 Å². The van der Waals surface area contributed by atoms with E-state index in [-0.39, 0.29) is 35.0 Å². The Labute approximate surface area is 223 Å². The number of amides is 1. The molecule has 0 unspecified atom stereocenters. The second-order valence-electron chi connectivity index (χ2n) is 9.51. The van der Waals surface area contributed by atoms with Crippen LogP contribution in [0.25, 0.3) is 11.1 Å². The Balaban J connectivity index is 1.75. The number of allylic oxidation sites excluding steroid dienone is 4. The largest absolute Gasteiger partial charge is 0.417 e. The lowest BCUT2D eigenvalue weighted by Gasteiger charge is -2.21. The Morgan fingerprint density at radius 2 is 1.92 bits per heavy atom. The first-order valence-corrected chi connectivity index (χ1v) is 12.3. The first kappa shape index (κ1) is 28.0. The predicted molar refractivity (Wildman–Crippen MR) is 141 cm³/mol. The minimum atomic E-state index is -4.66. The summed E-state index contributed by atoms with van der Waals surface area (Å²) in [5, 5.41) is 25.7. The van der Waals surface area contributed by atoms with Crippen LogP contribution in [0.2, 0.25) is 0 Å². The van der Waals surface area contributed by atoms with E-state index >= 15 is 0 Å². The number of nitrogens with zero attached hydrogens (tertiary/aromatic N) is 2. The molecule has 3 N–H and O–H groups in total. The summed E-state index contributed by atoms with van der Waals surface area (Å²) < 4.78 is 55.7. The number of alkyl halides is 3. The monoisotopic (exact) mass is 540 g/mol. The second kappa shape index (κ2) is 11.0. The molecule has 1 heterocycles. The third-order valence-corrected chi connectivity index (χ3v) is 6.95. The summed E-state index contributed by atoms with van der Waals surface area (Å²) >= 11 is 0. The minimum Gasteiger partial charge on any atom is -0.392 e. The minimum absolute atomic E-state index is 0.0408. The topological polar surface area (TPSA) is 91.5 Å². The van der Waals surface area contributed by atoms with Crippen LogP contribution in [0.15, 0.2) is 71.0 Å². The Kier molecular flexibility index (Phi) is 7.87. The molecule has 0 saturated heterocycles. The van der Waals surface area contributed by atoms with Gasteiger partial charge in [-0.15, -0.1) is 0 Å². The van der Waals surface area contributed by atoms with Crippen LogP contribution >= 0.6 is 0 Å². The quantitative estimate of drug-likeness (QED) is 0.240. The summed E-state index contributed by atoms with van der Waals surface area (Å²) in [5.41, 5.74) is 1.58. The number of benzene rings is 2. The maximum atomic E-state index is 14.1. The number of hydrogen-bond acceptors (Lipinski definition) is 4. The summed E-state index contributed by atoms with van der Waals surface area (Å²) in [6.45, 7) is 0.709. The van der Waals surface area contributed by atoms with Crippen LogP contribution in [-0.2, 0) is 6.54 Å². The van der Waals surface area contributed by atoms with Gasteiger partial charge >= 0.3 is 6.18 Å². The van der Waals surface area contributed by atoms with Gasteiger partial charge in [0.2, 0.25) is 0 Å². The molecule has 2 aliphatic rings. The van der Waals surface area contributed by atoms with Gasteiger partial charge in [-0.3, -0.25) is 15.6 Å². The van der Waals surface area contributed by atoms with Crippen molar-refractivity contribution in [2.24, 2.45) is 0 Å². The van der Waals surface area contributed by atoms with Gasteiger partial charge in [0.25, 0.3) is 5.91 Å². The Bertz CT molecular complexity index is 1440. The van der Waals surface area contributed by atoms with Crippen LogP contribution < -0.4 is 0 Å². The van der Waals surface area contributed by atoms with Gasteiger partial charge in [-0.1, -0.05) is 24.3 Å². The van der Waals surface area contributed by atoms with Crippen molar-refractivity contribution >= 4 is 18.1 Å². The number of carbonyl (C=O) groups is 1. The molecule has 0 aromatic heterocycles. The van der Waals surface area contributed by atoms with Gasteiger partial charge in [0, 0.05) is 23.9 Å². The molecule has 39 heavy (non-hydrogen) atoms. The number of halogens is 4. The van der Waals surface area contributed by atoms with Crippen molar-refractivity contribution in [3.8, 4) is 11.1 Å². The number of hydrogen-bond donors (Lipinski definition) is 3. The molecule has 0 radical (unpaired) electrons. The van der Waals surface area contributed by atoms with E-state index in [1.165, 1.54) is 54.1 Å². The SMILES string of the molecule is CC1=C/CCC/C(N2Cc3ccc(-c4ccc(F)cc4C(=N)N(C)C=N)cc3C2=O)=C/C(CO)=C\1C(F)(F)F. The fraction of sp³-hybridized carbons (Fsp3) is 0.276. The van der Waals surface area contributed by atoms with E-state index in [9.17, 15) is 27.5 Å². The van der Waals surface area contributed by atoms with E-state index in [0.717, 1.165) is 6.34 Å². The Morgan fingerprint density at radius 3 is 2.59 bits per heavy atom. The lowest BCUT2D eigenvalue weighted by Crippen LogP contribution is -2.25. The van der Waals surface area contributed by atoms with Crippen molar-refractivity contribution in [2.45, 2.75) is 38.9 Å². The van der Waals surface area contributed by atoms with Crippen LogP contribution in [-0.4, -0.2) is 52.8 Å². The average molecular weight is 541 g/mol. The number of fused-ring (bicyclic) bond motifs is 1. The number of carbonyl (C=O) groups excluding carboxylic acids is 1. The van der Waals surface area contributed by atoms with E-state index in [1.54, 1.807) is 18.2 Å². The summed E-state index contributed by atoms with van der Waals surface area (Å²) in [5.74, 6) is -1.04. The first-order valence-electron chi connectivity index (χ1n) is 12.3. The highest BCUT2D eigenvalue weighted by atomic mass is 19.4. The third-order valence-electron chi connectivity index (χ3n) is 6.95. The van der Waals surface area contributed by atoms with Crippen molar-refractivity contribution in [3.05, 3.63) is 93.5 Å². The smallest absolute Gasteiger partial charge is 0.392 e. The lowest BCUT2D eigenvalue weighted by molar-refractivity contribution is -0.0903. The van der Waals surface area contributed by atoms with Crippen molar-refractivity contribution in [2.75, 3.05) is 13.7 Å². The molecule has 2 aromatic carbocycles. The van der Waals surface area contributed by atoms with Crippen molar-refractivity contribution in [3.63, 3.8) is 0 Å². The van der Waals surface area contributed by atoms with Gasteiger partial charge in [0.05, 0.1) is 25.1 Å². The highest BCUT2D eigenvalue weighted by Crippen LogP contribution is 2.38. The highest BCUT2D eigenvalue weighted by molar-refractivity contribution is 6.07. The molecular weight excluding hydrogens is 512 g/mol. The molecule has 4 rings (SSSR count). The zero-order chi connectivity index (χ0) is 28.5. The third kappa shape index (κ3) is 5.56. The Morgan fingerprint density at radius 1 is 1.18 bits per heavy atom. The summed E-state index contributed by atoms with van der Waals surface area (Å²) in [6.07, 6.45) is 0.329. The maximum absolute atomic E-state index is 14.1. The van der Waals surface area contributed by atoms with Crippen LogP contribution in [0.1, 0.15) is 47.7 Å². The predicted octanol–water partition coefficient (Wildman–Crippen LogP) is 6.18. The van der Waals surface area contributed by atoms with Crippen LogP contribution in [0, 0.1) is 16.6 Å². The molecule has 0 bridgehead atoms. The molecule has 2 aromatic rings. The molecule has 1 amide bonds. The number of aliphatic hydroxyl groups is 1. The van der Waals surface area contributed by atoms with Crippen LogP contribution in [0.3, 0.4) is 0 Å². The number of rotatable bonds is 5. The molecule has 204 valence electrons. The zero-order valence-electron chi connectivity index (χ0n) is 21.5. The van der Waals surface area contributed by atoms with Gasteiger partial charge in [0.15, 0.2) is 0 Å². The standard InChI is InChI=1S/C29H28F4N4O2/c1-17-5-3-4-6-22(11-20(15-38)26(17)29(31,32)33)37-14-19-8-7-18(12-24(19)28(37)39)23-10-9-21(30)13-25(23)27(35)36(2)16-34/h5,7-13,16,34-35,38H,3-4,6,14-15H2,1-2H3/b17-5-,22-11-,26-20-,34-16?,35-27?. The van der Waals surface area contributed by atoms with Gasteiger partial charge < -0.3 is 14.9 Å². The van der Waals surface area contributed by atoms with Crippen LogP contribution in [0.4, 0.5) is 17.6 Å².